The van der Waals surface area contributed by atoms with E-state index in [0.717, 1.165) is 6.26 Å². The number of ether oxygens (including phenoxy) is 1. The zero-order valence-electron chi connectivity index (χ0n) is 8.23. The van der Waals surface area contributed by atoms with Gasteiger partial charge in [-0.1, -0.05) is 0 Å². The van der Waals surface area contributed by atoms with Crippen molar-refractivity contribution < 1.29 is 27.9 Å². The fourth-order valence-corrected chi connectivity index (χ4v) is 1.13. The molecule has 8 heteroatoms. The molecule has 2 N–H and O–H groups in total. The summed E-state index contributed by atoms with van der Waals surface area (Å²) in [5.41, 5.74) is 0. The summed E-state index contributed by atoms with van der Waals surface area (Å²) in [7, 11) is -3.10. The number of carbonyl (C=O) groups excluding carboxylic acids is 1. The zero-order valence-corrected chi connectivity index (χ0v) is 9.04. The van der Waals surface area contributed by atoms with Crippen LogP contribution in [0, 0.1) is 0 Å². The summed E-state index contributed by atoms with van der Waals surface area (Å²) in [5.74, 6) is -1.86. The Bertz CT molecular complexity index is 322. The van der Waals surface area contributed by atoms with Gasteiger partial charge in [-0.2, -0.15) is 0 Å². The molecule has 7 nitrogen and oxygen atoms in total. The van der Waals surface area contributed by atoms with E-state index in [9.17, 15) is 18.0 Å². The normalized spacial score (nSPS) is 11.0. The maximum Gasteiger partial charge on any atom is 0.329 e. The maximum atomic E-state index is 10.9. The Morgan fingerprint density at radius 1 is 1.33 bits per heavy atom. The molecular formula is C7H13NO6S. The average Bonchev–Trinajstić information content (AvgIpc) is 2.00. The second-order valence-electron chi connectivity index (χ2n) is 2.87. The molecule has 0 aromatic carbocycles. The highest BCUT2D eigenvalue weighted by molar-refractivity contribution is 7.90. The van der Waals surface area contributed by atoms with Crippen molar-refractivity contribution in [2.45, 2.75) is 0 Å². The van der Waals surface area contributed by atoms with Gasteiger partial charge >= 0.3 is 5.97 Å². The minimum atomic E-state index is -3.10. The molecule has 88 valence electrons. The quantitative estimate of drug-likeness (QED) is 0.545. The van der Waals surface area contributed by atoms with Crippen LogP contribution in [-0.4, -0.2) is 57.2 Å². The van der Waals surface area contributed by atoms with Gasteiger partial charge in [-0.25, -0.2) is 13.2 Å². The van der Waals surface area contributed by atoms with Gasteiger partial charge in [-0.05, 0) is 0 Å². The predicted molar refractivity (Wildman–Crippen MR) is 51.2 cm³/mol. The zero-order chi connectivity index (χ0) is 11.9. The van der Waals surface area contributed by atoms with E-state index in [1.165, 1.54) is 0 Å². The fourth-order valence-electron chi connectivity index (χ4n) is 0.658. The molecule has 0 saturated carbocycles. The van der Waals surface area contributed by atoms with Gasteiger partial charge in [0.05, 0.1) is 5.75 Å². The third-order valence-corrected chi connectivity index (χ3v) is 2.20. The molecule has 0 aromatic rings. The van der Waals surface area contributed by atoms with E-state index < -0.39 is 34.9 Å². The lowest BCUT2D eigenvalue weighted by atomic mass is 10.6. The van der Waals surface area contributed by atoms with Crippen molar-refractivity contribution in [2.24, 2.45) is 0 Å². The van der Waals surface area contributed by atoms with E-state index in [4.69, 9.17) is 5.11 Å². The predicted octanol–water partition coefficient (Wildman–Crippen LogP) is -1.75. The first-order valence-corrected chi connectivity index (χ1v) is 6.11. The lowest BCUT2D eigenvalue weighted by molar-refractivity contribution is -0.143. The summed E-state index contributed by atoms with van der Waals surface area (Å²) in [5, 5.41) is 10.4. The molecular weight excluding hydrogens is 226 g/mol. The molecule has 1 amide bonds. The highest BCUT2D eigenvalue weighted by Gasteiger charge is 2.05. The van der Waals surface area contributed by atoms with Crippen molar-refractivity contribution in [1.82, 2.24) is 5.32 Å². The minimum absolute atomic E-state index is 0.00586. The summed E-state index contributed by atoms with van der Waals surface area (Å²) in [6.45, 7) is -0.955. The van der Waals surface area contributed by atoms with Crippen molar-refractivity contribution in [1.29, 1.82) is 0 Å². The number of carboxylic acid groups (broad SMARTS) is 1. The van der Waals surface area contributed by atoms with Crippen molar-refractivity contribution in [3.8, 4) is 0 Å². The smallest absolute Gasteiger partial charge is 0.329 e. The van der Waals surface area contributed by atoms with Crippen molar-refractivity contribution in [3.63, 3.8) is 0 Å². The molecule has 0 aliphatic carbocycles. The molecule has 0 heterocycles. The number of rotatable bonds is 7. The number of carbonyl (C=O) groups is 2. The van der Waals surface area contributed by atoms with Gasteiger partial charge < -0.3 is 15.2 Å². The van der Waals surface area contributed by atoms with E-state index in [0.29, 0.717) is 0 Å². The van der Waals surface area contributed by atoms with Gasteiger partial charge in [-0.3, -0.25) is 4.79 Å². The highest BCUT2D eigenvalue weighted by atomic mass is 32.2. The molecule has 0 radical (unpaired) electrons. The van der Waals surface area contributed by atoms with Crippen LogP contribution < -0.4 is 5.32 Å². The van der Waals surface area contributed by atoms with Crippen molar-refractivity contribution in [2.75, 3.05) is 31.8 Å². The summed E-state index contributed by atoms with van der Waals surface area (Å²) in [6, 6.07) is 0. The molecule has 0 aliphatic rings. The Kier molecular flexibility index (Phi) is 5.87. The van der Waals surface area contributed by atoms with Gasteiger partial charge in [-0.15, -0.1) is 0 Å². The Hall–Kier alpha value is -1.15. The fraction of sp³-hybridized carbons (Fsp3) is 0.714. The largest absolute Gasteiger partial charge is 0.480 e. The average molecular weight is 239 g/mol. The highest BCUT2D eigenvalue weighted by Crippen LogP contribution is 1.80. The summed E-state index contributed by atoms with van der Waals surface area (Å²) in [4.78, 5) is 20.9. The van der Waals surface area contributed by atoms with Crippen molar-refractivity contribution >= 4 is 21.7 Å². The van der Waals surface area contributed by atoms with Crippen LogP contribution in [0.15, 0.2) is 0 Å². The molecule has 0 rings (SSSR count). The van der Waals surface area contributed by atoms with Crippen LogP contribution in [0.5, 0.6) is 0 Å². The van der Waals surface area contributed by atoms with Crippen LogP contribution in [0.25, 0.3) is 0 Å². The van der Waals surface area contributed by atoms with E-state index >= 15 is 0 Å². The minimum Gasteiger partial charge on any atom is -0.480 e. The van der Waals surface area contributed by atoms with E-state index in [1.807, 2.05) is 0 Å². The first kappa shape index (κ1) is 13.8. The number of aliphatic carboxylic acids is 1. The molecule has 0 unspecified atom stereocenters. The first-order chi connectivity index (χ1) is 6.81. The van der Waals surface area contributed by atoms with Crippen LogP contribution in [-0.2, 0) is 24.2 Å². The van der Waals surface area contributed by atoms with Crippen LogP contribution in [0.2, 0.25) is 0 Å². The molecule has 0 aliphatic heterocycles. The van der Waals surface area contributed by atoms with Gasteiger partial charge in [0.15, 0.2) is 0 Å². The van der Waals surface area contributed by atoms with Crippen LogP contribution >= 0.6 is 0 Å². The Morgan fingerprint density at radius 3 is 2.40 bits per heavy atom. The number of hydrogen-bond acceptors (Lipinski definition) is 5. The molecule has 15 heavy (non-hydrogen) atoms. The van der Waals surface area contributed by atoms with Crippen molar-refractivity contribution in [3.05, 3.63) is 0 Å². The molecule has 0 spiro atoms. The van der Waals surface area contributed by atoms with Crippen LogP contribution in [0.4, 0.5) is 0 Å². The van der Waals surface area contributed by atoms with Crippen LogP contribution in [0.1, 0.15) is 0 Å². The van der Waals surface area contributed by atoms with Gasteiger partial charge in [0.25, 0.3) is 0 Å². The van der Waals surface area contributed by atoms with E-state index in [-0.39, 0.29) is 12.3 Å². The maximum absolute atomic E-state index is 10.9. The Balaban J connectivity index is 3.54. The second-order valence-corrected chi connectivity index (χ2v) is 5.13. The number of nitrogens with one attached hydrogen (secondary N) is 1. The number of hydrogen-bond donors (Lipinski definition) is 2. The van der Waals surface area contributed by atoms with Gasteiger partial charge in [0.2, 0.25) is 5.91 Å². The first-order valence-electron chi connectivity index (χ1n) is 4.05. The number of amides is 1. The van der Waals surface area contributed by atoms with E-state index in [2.05, 4.69) is 10.1 Å². The number of carboxylic acids is 1. The molecule has 0 bridgehead atoms. The topological polar surface area (TPSA) is 110 Å². The molecule has 0 atom stereocenters. The lowest BCUT2D eigenvalue weighted by Gasteiger charge is -2.03. The van der Waals surface area contributed by atoms with Gasteiger partial charge in [0.1, 0.15) is 23.1 Å². The Labute approximate surface area is 87.3 Å². The Morgan fingerprint density at radius 2 is 1.93 bits per heavy atom. The molecule has 0 saturated heterocycles. The standard InChI is InChI=1S/C7H13NO6S/c1-15(12,13)3-2-8-6(9)4-14-5-7(10)11/h2-5H2,1H3,(H,8,9)(H,10,11). The van der Waals surface area contributed by atoms with Gasteiger partial charge in [0, 0.05) is 12.8 Å². The summed E-state index contributed by atoms with van der Waals surface area (Å²) >= 11 is 0. The number of sulfone groups is 1. The van der Waals surface area contributed by atoms with E-state index in [1.54, 1.807) is 0 Å². The second kappa shape index (κ2) is 6.36. The van der Waals surface area contributed by atoms with Crippen LogP contribution in [0.3, 0.4) is 0 Å². The third kappa shape index (κ3) is 10.8. The molecule has 0 fully saturated rings. The SMILES string of the molecule is CS(=O)(=O)CCNC(=O)COCC(=O)O. The monoisotopic (exact) mass is 239 g/mol. The summed E-state index contributed by atoms with van der Waals surface area (Å²) in [6.07, 6.45) is 1.06. The summed E-state index contributed by atoms with van der Waals surface area (Å²) < 4.78 is 25.8. The lowest BCUT2D eigenvalue weighted by Crippen LogP contribution is -2.32. The molecule has 0 aromatic heterocycles. The third-order valence-electron chi connectivity index (χ3n) is 1.25.